The molecular formula is C26H23NO2. The van der Waals surface area contributed by atoms with Gasteiger partial charge in [-0.25, -0.2) is 0 Å². The van der Waals surface area contributed by atoms with E-state index in [2.05, 4.69) is 54.4 Å². The first-order valence-corrected chi connectivity index (χ1v) is 9.61. The van der Waals surface area contributed by atoms with Crippen molar-refractivity contribution in [1.29, 1.82) is 0 Å². The zero-order valence-corrected chi connectivity index (χ0v) is 16.6. The third-order valence-electron chi connectivity index (χ3n) is 4.86. The lowest BCUT2D eigenvalue weighted by Crippen LogP contribution is -1.99. The Kier molecular flexibility index (Phi) is 5.57. The van der Waals surface area contributed by atoms with Crippen molar-refractivity contribution < 1.29 is 9.47 Å². The van der Waals surface area contributed by atoms with Gasteiger partial charge in [-0.3, -0.25) is 4.99 Å². The third kappa shape index (κ3) is 4.46. The molecule has 4 rings (SSSR count). The lowest BCUT2D eigenvalue weighted by Gasteiger charge is -2.12. The average molecular weight is 381 g/mol. The Morgan fingerprint density at radius 3 is 2.34 bits per heavy atom. The summed E-state index contributed by atoms with van der Waals surface area (Å²) in [5.74, 6) is 1.64. The fourth-order valence-corrected chi connectivity index (χ4v) is 3.19. The number of fused-ring (bicyclic) bond motifs is 1. The van der Waals surface area contributed by atoms with Crippen LogP contribution in [0.2, 0.25) is 0 Å². The van der Waals surface area contributed by atoms with E-state index in [1.54, 1.807) is 7.11 Å². The summed E-state index contributed by atoms with van der Waals surface area (Å²) in [5, 5.41) is 2.28. The van der Waals surface area contributed by atoms with Crippen LogP contribution in [0, 0.1) is 6.92 Å². The number of aryl methyl sites for hydroxylation is 1. The second kappa shape index (κ2) is 8.61. The van der Waals surface area contributed by atoms with E-state index < -0.39 is 0 Å². The van der Waals surface area contributed by atoms with E-state index in [1.165, 1.54) is 5.56 Å². The predicted octanol–water partition coefficient (Wildman–Crippen LogP) is 6.49. The van der Waals surface area contributed by atoms with Gasteiger partial charge in [-0.1, -0.05) is 60.2 Å². The lowest BCUT2D eigenvalue weighted by molar-refractivity contribution is 0.306. The maximum absolute atomic E-state index is 6.18. The molecule has 4 aromatic carbocycles. The van der Waals surface area contributed by atoms with Gasteiger partial charge in [0.05, 0.1) is 12.8 Å². The zero-order chi connectivity index (χ0) is 20.1. The largest absolute Gasteiger partial charge is 0.497 e. The molecule has 0 aliphatic rings. The number of hydrogen-bond acceptors (Lipinski definition) is 3. The van der Waals surface area contributed by atoms with Crippen molar-refractivity contribution in [1.82, 2.24) is 0 Å². The van der Waals surface area contributed by atoms with Crippen LogP contribution in [0.5, 0.6) is 11.5 Å². The summed E-state index contributed by atoms with van der Waals surface area (Å²) in [6, 6.07) is 28.5. The van der Waals surface area contributed by atoms with Gasteiger partial charge in [0.2, 0.25) is 0 Å². The van der Waals surface area contributed by atoms with Crippen LogP contribution in [-0.2, 0) is 6.61 Å². The number of hydrogen-bond donors (Lipinski definition) is 0. The molecule has 0 N–H and O–H groups in total. The molecule has 0 aliphatic carbocycles. The minimum absolute atomic E-state index is 0.516. The van der Waals surface area contributed by atoms with Gasteiger partial charge < -0.3 is 9.47 Å². The molecule has 0 saturated heterocycles. The molecular weight excluding hydrogens is 358 g/mol. The first-order valence-electron chi connectivity index (χ1n) is 9.61. The van der Waals surface area contributed by atoms with E-state index >= 15 is 0 Å². The summed E-state index contributed by atoms with van der Waals surface area (Å²) in [7, 11) is 1.66. The van der Waals surface area contributed by atoms with Crippen molar-refractivity contribution in [2.75, 3.05) is 7.11 Å². The van der Waals surface area contributed by atoms with Gasteiger partial charge in [0.1, 0.15) is 18.1 Å². The van der Waals surface area contributed by atoms with Crippen LogP contribution in [0.1, 0.15) is 16.7 Å². The summed E-state index contributed by atoms with van der Waals surface area (Å²) in [6.45, 7) is 2.60. The van der Waals surface area contributed by atoms with Crippen LogP contribution in [0.25, 0.3) is 10.8 Å². The van der Waals surface area contributed by atoms with Crippen molar-refractivity contribution in [2.45, 2.75) is 13.5 Å². The minimum Gasteiger partial charge on any atom is -0.497 e. The van der Waals surface area contributed by atoms with Gasteiger partial charge in [0.15, 0.2) is 0 Å². The number of nitrogens with zero attached hydrogens (tertiary/aromatic N) is 1. The molecule has 3 nitrogen and oxygen atoms in total. The Hall–Kier alpha value is -3.59. The topological polar surface area (TPSA) is 30.8 Å². The Bertz CT molecular complexity index is 1130. The highest BCUT2D eigenvalue weighted by atomic mass is 16.5. The average Bonchev–Trinajstić information content (AvgIpc) is 2.78. The van der Waals surface area contributed by atoms with E-state index in [0.717, 1.165) is 39.1 Å². The van der Waals surface area contributed by atoms with Crippen molar-refractivity contribution in [3.63, 3.8) is 0 Å². The molecule has 0 saturated carbocycles. The number of rotatable bonds is 6. The molecule has 0 aliphatic heterocycles. The fraction of sp³-hybridized carbons (Fsp3) is 0.115. The number of benzene rings is 4. The lowest BCUT2D eigenvalue weighted by atomic mass is 10.0. The Balaban J connectivity index is 1.66. The molecule has 0 atom stereocenters. The first-order chi connectivity index (χ1) is 14.2. The summed E-state index contributed by atoms with van der Waals surface area (Å²) < 4.78 is 11.4. The summed E-state index contributed by atoms with van der Waals surface area (Å²) in [4.78, 5) is 4.67. The standard InChI is InChI=1S/C26H23NO2/c1-19-7-9-20(10-8-19)18-29-26-16-11-21-5-3-4-6-24(21)25(26)17-27-22-12-14-23(28-2)15-13-22/h3-17H,18H2,1-2H3. The molecule has 3 heteroatoms. The van der Waals surface area contributed by atoms with Gasteiger partial charge >= 0.3 is 0 Å². The van der Waals surface area contributed by atoms with E-state index in [0.29, 0.717) is 6.61 Å². The van der Waals surface area contributed by atoms with Crippen molar-refractivity contribution >= 4 is 22.7 Å². The Morgan fingerprint density at radius 2 is 1.59 bits per heavy atom. The molecule has 0 heterocycles. The fourth-order valence-electron chi connectivity index (χ4n) is 3.19. The normalized spacial score (nSPS) is 11.1. The molecule has 144 valence electrons. The van der Waals surface area contributed by atoms with Crippen molar-refractivity contribution in [3.05, 3.63) is 102 Å². The molecule has 0 unspecified atom stereocenters. The maximum atomic E-state index is 6.18. The van der Waals surface area contributed by atoms with Crippen molar-refractivity contribution in [2.24, 2.45) is 4.99 Å². The van der Waals surface area contributed by atoms with E-state index in [9.17, 15) is 0 Å². The highest BCUT2D eigenvalue weighted by molar-refractivity contribution is 6.03. The van der Waals surface area contributed by atoms with Gasteiger partial charge in [-0.15, -0.1) is 0 Å². The van der Waals surface area contributed by atoms with Crippen LogP contribution in [0.4, 0.5) is 5.69 Å². The quantitative estimate of drug-likeness (QED) is 0.358. The summed E-state index contributed by atoms with van der Waals surface area (Å²) >= 11 is 0. The van der Waals surface area contributed by atoms with Crippen LogP contribution in [0.15, 0.2) is 89.9 Å². The molecule has 0 radical (unpaired) electrons. The van der Waals surface area contributed by atoms with Crippen LogP contribution in [-0.4, -0.2) is 13.3 Å². The van der Waals surface area contributed by atoms with Gasteiger partial charge in [-0.05, 0) is 53.6 Å². The molecule has 0 fully saturated rings. The zero-order valence-electron chi connectivity index (χ0n) is 16.6. The number of ether oxygens (including phenoxy) is 2. The molecule has 0 spiro atoms. The third-order valence-corrected chi connectivity index (χ3v) is 4.86. The molecule has 0 bridgehead atoms. The SMILES string of the molecule is COc1ccc(N=Cc2c(OCc3ccc(C)cc3)ccc3ccccc23)cc1. The van der Waals surface area contributed by atoms with Crippen LogP contribution >= 0.6 is 0 Å². The second-order valence-electron chi connectivity index (χ2n) is 6.93. The van der Waals surface area contributed by atoms with Gasteiger partial charge in [0, 0.05) is 11.8 Å². The van der Waals surface area contributed by atoms with Gasteiger partial charge in [-0.2, -0.15) is 0 Å². The summed E-state index contributed by atoms with van der Waals surface area (Å²) in [6.07, 6.45) is 1.88. The van der Waals surface area contributed by atoms with Crippen LogP contribution in [0.3, 0.4) is 0 Å². The molecule has 0 amide bonds. The highest BCUT2D eigenvalue weighted by Gasteiger charge is 2.08. The molecule has 0 aromatic heterocycles. The minimum atomic E-state index is 0.516. The Morgan fingerprint density at radius 1 is 0.828 bits per heavy atom. The van der Waals surface area contributed by atoms with Crippen LogP contribution < -0.4 is 9.47 Å². The monoisotopic (exact) mass is 381 g/mol. The van der Waals surface area contributed by atoms with E-state index in [-0.39, 0.29) is 0 Å². The molecule has 4 aromatic rings. The second-order valence-corrected chi connectivity index (χ2v) is 6.93. The maximum Gasteiger partial charge on any atom is 0.129 e. The summed E-state index contributed by atoms with van der Waals surface area (Å²) in [5.41, 5.74) is 4.22. The Labute approximate surface area is 171 Å². The van der Waals surface area contributed by atoms with E-state index in [1.807, 2.05) is 48.7 Å². The van der Waals surface area contributed by atoms with Gasteiger partial charge in [0.25, 0.3) is 0 Å². The first kappa shape index (κ1) is 18.8. The highest BCUT2D eigenvalue weighted by Crippen LogP contribution is 2.28. The number of aliphatic imine (C=N–C) groups is 1. The number of methoxy groups -OCH3 is 1. The molecule has 29 heavy (non-hydrogen) atoms. The van der Waals surface area contributed by atoms with Crippen molar-refractivity contribution in [3.8, 4) is 11.5 Å². The predicted molar refractivity (Wildman–Crippen MR) is 120 cm³/mol. The van der Waals surface area contributed by atoms with E-state index in [4.69, 9.17) is 9.47 Å². The smallest absolute Gasteiger partial charge is 0.129 e.